The first-order chi connectivity index (χ1) is 35.1. The summed E-state index contributed by atoms with van der Waals surface area (Å²) in [7, 11) is 0. The van der Waals surface area contributed by atoms with E-state index in [4.69, 9.17) is 37.9 Å². The van der Waals surface area contributed by atoms with Crippen LogP contribution in [0.3, 0.4) is 0 Å². The number of fused-ring (bicyclic) bond motifs is 5. The first-order valence-electron chi connectivity index (χ1n) is 27.3. The summed E-state index contributed by atoms with van der Waals surface area (Å²) in [6.45, 7) is 15.1. The maximum Gasteiger partial charge on any atom is 0.187 e. The van der Waals surface area contributed by atoms with Crippen LogP contribution in [0, 0.1) is 45.3 Å². The molecule has 22 heteroatoms. The smallest absolute Gasteiger partial charge is 0.187 e. The lowest BCUT2D eigenvalue weighted by molar-refractivity contribution is -0.378. The van der Waals surface area contributed by atoms with Crippen molar-refractivity contribution in [3.05, 3.63) is 11.6 Å². The third kappa shape index (κ3) is 10.6. The van der Waals surface area contributed by atoms with Crippen molar-refractivity contribution in [2.24, 2.45) is 45.3 Å². The number of ether oxygens (including phenoxy) is 8. The van der Waals surface area contributed by atoms with Gasteiger partial charge in [-0.05, 0) is 124 Å². The van der Waals surface area contributed by atoms with E-state index in [-0.39, 0.29) is 41.1 Å². The third-order valence-corrected chi connectivity index (χ3v) is 20.5. The molecule has 0 aromatic carbocycles. The number of allylic oxidation sites excluding steroid dienone is 2. The highest BCUT2D eigenvalue weighted by molar-refractivity contribution is 5.20. The number of hydrogen-bond donors (Lipinski definition) is 14. The minimum absolute atomic E-state index is 0.0508. The highest BCUT2D eigenvalue weighted by atomic mass is 16.8. The fourth-order valence-electron chi connectivity index (χ4n) is 16.0. The average molecular weight is 1080 g/mol. The van der Waals surface area contributed by atoms with Gasteiger partial charge in [0.2, 0.25) is 0 Å². The van der Waals surface area contributed by atoms with Crippen molar-refractivity contribution in [3.63, 3.8) is 0 Å². The summed E-state index contributed by atoms with van der Waals surface area (Å²) >= 11 is 0. The molecule has 8 aliphatic rings. The molecule has 4 aliphatic heterocycles. The quantitative estimate of drug-likeness (QED) is 0.0651. The first kappa shape index (κ1) is 60.0. The molecule has 29 atom stereocenters. The lowest BCUT2D eigenvalue weighted by Crippen LogP contribution is -2.68. The molecule has 14 N–H and O–H groups in total. The molecule has 0 aromatic heterocycles. The van der Waals surface area contributed by atoms with E-state index in [2.05, 4.69) is 40.7 Å². The summed E-state index contributed by atoms with van der Waals surface area (Å²) < 4.78 is 48.8. The Bertz CT molecular complexity index is 1940. The molecule has 4 heterocycles. The van der Waals surface area contributed by atoms with Gasteiger partial charge < -0.3 is 109 Å². The fraction of sp³-hybridized carbons (Fsp3) is 0.962. The van der Waals surface area contributed by atoms with Crippen LogP contribution in [0.25, 0.3) is 0 Å². The third-order valence-electron chi connectivity index (χ3n) is 20.5. The minimum atomic E-state index is -1.81. The summed E-state index contributed by atoms with van der Waals surface area (Å²) in [6.07, 6.45) is -22.6. The molecule has 0 amide bonds. The van der Waals surface area contributed by atoms with E-state index in [0.717, 1.165) is 24.8 Å². The van der Waals surface area contributed by atoms with Crippen molar-refractivity contribution in [2.75, 3.05) is 26.4 Å². The van der Waals surface area contributed by atoms with Gasteiger partial charge in [-0.25, -0.2) is 0 Å². The predicted octanol–water partition coefficient (Wildman–Crippen LogP) is -1.56. The van der Waals surface area contributed by atoms with Crippen molar-refractivity contribution >= 4 is 0 Å². The molecule has 8 rings (SSSR count). The van der Waals surface area contributed by atoms with Crippen LogP contribution < -0.4 is 0 Å². The van der Waals surface area contributed by atoms with Gasteiger partial charge in [0.1, 0.15) is 91.6 Å². The van der Waals surface area contributed by atoms with Crippen molar-refractivity contribution in [2.45, 2.75) is 248 Å². The van der Waals surface area contributed by atoms with Crippen LogP contribution >= 0.6 is 0 Å². The lowest BCUT2D eigenvalue weighted by Gasteiger charge is -2.71. The average Bonchev–Trinajstić information content (AvgIpc) is 3.75. The number of hydrogen-bond acceptors (Lipinski definition) is 22. The Labute approximate surface area is 439 Å². The number of aliphatic hydroxyl groups excluding tert-OH is 14. The van der Waals surface area contributed by atoms with Gasteiger partial charge in [-0.3, -0.25) is 0 Å². The van der Waals surface area contributed by atoms with Crippen LogP contribution in [0.1, 0.15) is 113 Å². The van der Waals surface area contributed by atoms with E-state index in [1.807, 2.05) is 20.8 Å². The monoisotopic (exact) mass is 1080 g/mol. The topological polar surface area (TPSA) is 357 Å². The van der Waals surface area contributed by atoms with Crippen molar-refractivity contribution < 1.29 is 109 Å². The molecule has 0 radical (unpaired) electrons. The molecule has 4 saturated heterocycles. The van der Waals surface area contributed by atoms with Gasteiger partial charge in [0.25, 0.3) is 0 Å². The molecule has 4 aliphatic carbocycles. The molecule has 0 aromatic rings. The van der Waals surface area contributed by atoms with Crippen molar-refractivity contribution in [1.29, 1.82) is 0 Å². The van der Waals surface area contributed by atoms with E-state index in [1.165, 1.54) is 0 Å². The second kappa shape index (κ2) is 22.7. The van der Waals surface area contributed by atoms with Crippen LogP contribution in [0.4, 0.5) is 0 Å². The van der Waals surface area contributed by atoms with Crippen molar-refractivity contribution in [1.82, 2.24) is 0 Å². The summed E-state index contributed by atoms with van der Waals surface area (Å²) in [5.41, 5.74) is -1.48. The molecule has 434 valence electrons. The zero-order chi connectivity index (χ0) is 55.1. The summed E-state index contributed by atoms with van der Waals surface area (Å²) in [6, 6.07) is 0. The predicted molar refractivity (Wildman–Crippen MR) is 260 cm³/mol. The van der Waals surface area contributed by atoms with E-state index >= 15 is 0 Å². The second-order valence-electron chi connectivity index (χ2n) is 25.3. The van der Waals surface area contributed by atoms with E-state index < -0.39 is 165 Å². The Morgan fingerprint density at radius 3 is 1.80 bits per heavy atom. The summed E-state index contributed by atoms with van der Waals surface area (Å²) in [5.74, 6) is -0.395. The standard InChI is InChI=1S/C53H90O22/c1-23(2)10-9-14-53(8,75-47-43(67)39(63)37(61)29(72-47)22-69-45-41(65)34(58)26(57)21-68-45)24-11-16-52(7)33(24)25(56)18-31-50(5)15-13-32(49(3,4)30(50)12-17-51(31,52)6)73-48-44(40(64)36(60)28(20-55)71-48)74-46-42(66)38(62)35(59)27(19-54)70-46/h10,24-48,54-67H,9,11-22H2,1-8H3/t24-,25+,26-,27+,28+,29+,30-,31+,32-,33-,34-,35+,36+,37+,38-,39-,40-,41+,42+,43+,44+,45-,46-,47-,48-,50-,51+,52+,53?/m0/s1. The molecular formula is C53H90O22. The molecule has 0 spiro atoms. The summed E-state index contributed by atoms with van der Waals surface area (Å²) in [4.78, 5) is 0. The van der Waals surface area contributed by atoms with Gasteiger partial charge in [0.05, 0.1) is 44.2 Å². The molecule has 1 unspecified atom stereocenters. The van der Waals surface area contributed by atoms with Gasteiger partial charge in [-0.2, -0.15) is 0 Å². The van der Waals surface area contributed by atoms with Crippen LogP contribution in [-0.4, -0.2) is 232 Å². The minimum Gasteiger partial charge on any atom is -0.394 e. The molecule has 8 fully saturated rings. The van der Waals surface area contributed by atoms with Gasteiger partial charge in [0, 0.05) is 0 Å². The Morgan fingerprint density at radius 2 is 1.16 bits per heavy atom. The Balaban J connectivity index is 1.01. The number of aliphatic hydroxyl groups is 14. The molecule has 0 bridgehead atoms. The van der Waals surface area contributed by atoms with Gasteiger partial charge in [0.15, 0.2) is 25.2 Å². The Hall–Kier alpha value is -1.14. The Kier molecular flexibility index (Phi) is 18.1. The van der Waals surface area contributed by atoms with Crippen molar-refractivity contribution in [3.8, 4) is 0 Å². The maximum atomic E-state index is 12.8. The normalized spacial score (nSPS) is 52.7. The molecule has 75 heavy (non-hydrogen) atoms. The second-order valence-corrected chi connectivity index (χ2v) is 25.3. The zero-order valence-electron chi connectivity index (χ0n) is 44.7. The Morgan fingerprint density at radius 1 is 0.587 bits per heavy atom. The zero-order valence-corrected chi connectivity index (χ0v) is 44.7. The van der Waals surface area contributed by atoms with Crippen LogP contribution in [0.2, 0.25) is 0 Å². The SMILES string of the molecule is CC(C)=CCCC(C)(O[C@@H]1O[C@H](CO[C@@H]2OC[C@H](O)[C@H](O)[C@H]2O)[C@@H](O)[C@H](O)[C@H]1O)[C@H]1CC[C@]2(C)[C@@H]1[C@H](O)C[C@@H]1[C@@]3(C)CC[C@H](O[C@@H]4O[C@H](CO)[C@@H](O)[C@H](O)[C@H]4O[C@@H]4O[C@H](CO)[C@@H](O)[C@H](O)[C@H]4O)C(C)(C)[C@@H]3CC[C@]12C. The van der Waals surface area contributed by atoms with Crippen LogP contribution in [0.15, 0.2) is 11.6 Å². The molecule has 22 nitrogen and oxygen atoms in total. The van der Waals surface area contributed by atoms with Crippen LogP contribution in [-0.2, 0) is 37.9 Å². The van der Waals surface area contributed by atoms with E-state index in [9.17, 15) is 71.5 Å². The highest BCUT2D eigenvalue weighted by Gasteiger charge is 2.72. The maximum absolute atomic E-state index is 12.8. The van der Waals surface area contributed by atoms with Crippen LogP contribution in [0.5, 0.6) is 0 Å². The summed E-state index contributed by atoms with van der Waals surface area (Å²) in [5, 5.41) is 151. The highest BCUT2D eigenvalue weighted by Crippen LogP contribution is 2.76. The number of rotatable bonds is 15. The van der Waals surface area contributed by atoms with E-state index in [1.54, 1.807) is 0 Å². The van der Waals surface area contributed by atoms with Gasteiger partial charge in [-0.15, -0.1) is 0 Å². The van der Waals surface area contributed by atoms with E-state index in [0.29, 0.717) is 38.5 Å². The fourth-order valence-corrected chi connectivity index (χ4v) is 16.0. The molecule has 4 saturated carbocycles. The first-order valence-corrected chi connectivity index (χ1v) is 27.3. The molecular weight excluding hydrogens is 989 g/mol. The van der Waals surface area contributed by atoms with Gasteiger partial charge >= 0.3 is 0 Å². The van der Waals surface area contributed by atoms with Gasteiger partial charge in [-0.1, -0.05) is 46.3 Å². The largest absolute Gasteiger partial charge is 0.394 e. The lowest BCUT2D eigenvalue weighted by atomic mass is 9.35.